The summed E-state index contributed by atoms with van der Waals surface area (Å²) in [6, 6.07) is -0.188. The molecule has 1 aliphatic carbocycles. The summed E-state index contributed by atoms with van der Waals surface area (Å²) in [7, 11) is 1.67. The van der Waals surface area contributed by atoms with Gasteiger partial charge in [-0.05, 0) is 33.6 Å². The summed E-state index contributed by atoms with van der Waals surface area (Å²) >= 11 is 0. The molecule has 0 spiro atoms. The summed E-state index contributed by atoms with van der Waals surface area (Å²) in [5.41, 5.74) is 0.110. The number of hydrogen-bond donors (Lipinski definition) is 1. The van der Waals surface area contributed by atoms with Crippen molar-refractivity contribution in [1.29, 1.82) is 0 Å². The van der Waals surface area contributed by atoms with Crippen molar-refractivity contribution in [2.24, 2.45) is 0 Å². The predicted octanol–water partition coefficient (Wildman–Crippen LogP) is 1.63. The quantitative estimate of drug-likeness (QED) is 0.890. The number of carbonyl (C=O) groups excluding carboxylic acids is 1. The highest BCUT2D eigenvalue weighted by molar-refractivity contribution is 5.92. The van der Waals surface area contributed by atoms with E-state index in [2.05, 4.69) is 25.5 Å². The lowest BCUT2D eigenvalue weighted by molar-refractivity contribution is 0.0678. The first-order valence-corrected chi connectivity index (χ1v) is 9.05. The van der Waals surface area contributed by atoms with Gasteiger partial charge < -0.3 is 9.64 Å². The van der Waals surface area contributed by atoms with Crippen LogP contribution in [0, 0.1) is 0 Å². The second kappa shape index (κ2) is 6.15. The average molecular weight is 359 g/mol. The number of likely N-dealkylation sites (tertiary alicyclic amines) is 1. The number of nitrogens with one attached hydrogen (secondary N) is 1. The van der Waals surface area contributed by atoms with Gasteiger partial charge in [0.1, 0.15) is 5.82 Å². The van der Waals surface area contributed by atoms with Crippen LogP contribution in [0.1, 0.15) is 74.1 Å². The Labute approximate surface area is 152 Å². The van der Waals surface area contributed by atoms with Crippen LogP contribution in [-0.4, -0.2) is 60.7 Å². The first-order valence-electron chi connectivity index (χ1n) is 9.05. The number of carbonyl (C=O) groups is 1. The predicted molar refractivity (Wildman–Crippen MR) is 92.6 cm³/mol. The van der Waals surface area contributed by atoms with Crippen LogP contribution in [0.2, 0.25) is 0 Å². The summed E-state index contributed by atoms with van der Waals surface area (Å²) in [6.07, 6.45) is 4.64. The summed E-state index contributed by atoms with van der Waals surface area (Å²) in [6.45, 7) is 6.55. The molecule has 26 heavy (non-hydrogen) atoms. The van der Waals surface area contributed by atoms with Crippen molar-refractivity contribution in [3.63, 3.8) is 0 Å². The van der Waals surface area contributed by atoms with Crippen LogP contribution in [0.25, 0.3) is 0 Å². The third-order valence-electron chi connectivity index (χ3n) is 5.03. The molecular weight excluding hydrogens is 334 g/mol. The number of hydrogen-bond acceptors (Lipinski definition) is 6. The van der Waals surface area contributed by atoms with Crippen LogP contribution >= 0.6 is 0 Å². The van der Waals surface area contributed by atoms with Crippen LogP contribution in [0.4, 0.5) is 0 Å². The Bertz CT molecular complexity index is 802. The number of H-pyrrole nitrogens is 1. The Hall–Kier alpha value is -2.29. The molecule has 2 aliphatic rings. The molecule has 0 radical (unpaired) electrons. The second-order valence-corrected chi connectivity index (χ2v) is 8.14. The number of amides is 1. The molecule has 2 atom stereocenters. The molecule has 0 aromatic carbocycles. The molecule has 0 bridgehead atoms. The Morgan fingerprint density at radius 3 is 2.73 bits per heavy atom. The fourth-order valence-corrected chi connectivity index (χ4v) is 3.25. The van der Waals surface area contributed by atoms with Crippen LogP contribution in [0.5, 0.6) is 0 Å². The van der Waals surface area contributed by atoms with E-state index in [1.807, 2.05) is 20.8 Å². The number of aromatic amines is 1. The topological polar surface area (TPSA) is 102 Å². The first-order chi connectivity index (χ1) is 12.4. The van der Waals surface area contributed by atoms with Gasteiger partial charge in [-0.1, -0.05) is 5.21 Å². The Kier molecular flexibility index (Phi) is 4.06. The average Bonchev–Trinajstić information content (AvgIpc) is 3.07. The molecule has 9 nitrogen and oxygen atoms in total. The highest BCUT2D eigenvalue weighted by Gasteiger charge is 2.40. The summed E-state index contributed by atoms with van der Waals surface area (Å²) in [5.74, 6) is 1.89. The van der Waals surface area contributed by atoms with Gasteiger partial charge in [0.25, 0.3) is 5.91 Å². The molecule has 2 aromatic rings. The van der Waals surface area contributed by atoms with Gasteiger partial charge >= 0.3 is 0 Å². The standard InChI is InChI=1S/C17H25N7O2/c1-17(2,3)24-9-12(19-22-24)16(25)23-8-11(26-4)7-13(23)15-18-14(20-21-15)10-5-6-10/h9-11,13H,5-8H2,1-4H3,(H,18,20,21)/t11-,13+/m1/s1. The lowest BCUT2D eigenvalue weighted by Crippen LogP contribution is -2.32. The molecule has 4 rings (SSSR count). The van der Waals surface area contributed by atoms with Crippen molar-refractivity contribution in [3.8, 4) is 0 Å². The molecule has 1 saturated carbocycles. The zero-order valence-corrected chi connectivity index (χ0v) is 15.6. The van der Waals surface area contributed by atoms with Crippen molar-refractivity contribution in [3.05, 3.63) is 23.5 Å². The van der Waals surface area contributed by atoms with E-state index in [1.165, 1.54) is 0 Å². The van der Waals surface area contributed by atoms with Gasteiger partial charge in [0.2, 0.25) is 0 Å². The van der Waals surface area contributed by atoms with Gasteiger partial charge in [-0.3, -0.25) is 9.89 Å². The van der Waals surface area contributed by atoms with Crippen molar-refractivity contribution < 1.29 is 9.53 Å². The van der Waals surface area contributed by atoms with Gasteiger partial charge in [-0.2, -0.15) is 5.10 Å². The second-order valence-electron chi connectivity index (χ2n) is 8.14. The van der Waals surface area contributed by atoms with E-state index in [1.54, 1.807) is 22.9 Å². The van der Waals surface area contributed by atoms with Gasteiger partial charge in [0.05, 0.1) is 23.9 Å². The third-order valence-corrected chi connectivity index (χ3v) is 5.03. The van der Waals surface area contributed by atoms with Crippen molar-refractivity contribution >= 4 is 5.91 Å². The highest BCUT2D eigenvalue weighted by atomic mass is 16.5. The molecule has 9 heteroatoms. The van der Waals surface area contributed by atoms with Crippen molar-refractivity contribution in [2.45, 2.75) is 63.6 Å². The number of ether oxygens (including phenoxy) is 1. The number of methoxy groups -OCH3 is 1. The number of rotatable bonds is 4. The molecule has 1 N–H and O–H groups in total. The Morgan fingerprint density at radius 1 is 1.35 bits per heavy atom. The fraction of sp³-hybridized carbons (Fsp3) is 0.706. The molecule has 1 aliphatic heterocycles. The monoisotopic (exact) mass is 359 g/mol. The normalized spacial score (nSPS) is 23.6. The molecule has 2 fully saturated rings. The minimum atomic E-state index is -0.227. The summed E-state index contributed by atoms with van der Waals surface area (Å²) in [4.78, 5) is 19.5. The summed E-state index contributed by atoms with van der Waals surface area (Å²) in [5, 5.41) is 15.5. The SMILES string of the molecule is CO[C@@H]1C[C@@H](c2nc(C3CC3)n[nH]2)N(C(=O)c2cn(C(C)(C)C)nn2)C1. The molecule has 0 unspecified atom stereocenters. The zero-order valence-electron chi connectivity index (χ0n) is 15.6. The van der Waals surface area contributed by atoms with Crippen molar-refractivity contribution in [2.75, 3.05) is 13.7 Å². The molecule has 1 amide bonds. The molecule has 3 heterocycles. The van der Waals surface area contributed by atoms with Crippen molar-refractivity contribution in [1.82, 2.24) is 35.1 Å². The largest absolute Gasteiger partial charge is 0.380 e. The zero-order chi connectivity index (χ0) is 18.5. The molecule has 1 saturated heterocycles. The van der Waals surface area contributed by atoms with Crippen LogP contribution in [-0.2, 0) is 10.3 Å². The number of nitrogens with zero attached hydrogens (tertiary/aromatic N) is 6. The minimum absolute atomic E-state index is 0.0314. The lowest BCUT2D eigenvalue weighted by Gasteiger charge is -2.21. The lowest BCUT2D eigenvalue weighted by atomic mass is 10.1. The van der Waals surface area contributed by atoms with Gasteiger partial charge in [0.15, 0.2) is 11.5 Å². The maximum absolute atomic E-state index is 13.1. The maximum atomic E-state index is 13.1. The molecule has 140 valence electrons. The minimum Gasteiger partial charge on any atom is -0.380 e. The van der Waals surface area contributed by atoms with E-state index in [0.29, 0.717) is 24.6 Å². The van der Waals surface area contributed by atoms with E-state index >= 15 is 0 Å². The molecular formula is C17H25N7O2. The summed E-state index contributed by atoms with van der Waals surface area (Å²) < 4.78 is 7.22. The van der Waals surface area contributed by atoms with Gasteiger partial charge in [-0.25, -0.2) is 9.67 Å². The molecule has 2 aromatic heterocycles. The maximum Gasteiger partial charge on any atom is 0.276 e. The first kappa shape index (κ1) is 17.1. The highest BCUT2D eigenvalue weighted by Crippen LogP contribution is 2.39. The van der Waals surface area contributed by atoms with E-state index in [4.69, 9.17) is 4.74 Å². The Morgan fingerprint density at radius 2 is 2.12 bits per heavy atom. The van der Waals surface area contributed by atoms with E-state index in [9.17, 15) is 4.79 Å². The smallest absolute Gasteiger partial charge is 0.276 e. The Balaban J connectivity index is 1.59. The van der Waals surface area contributed by atoms with E-state index < -0.39 is 0 Å². The van der Waals surface area contributed by atoms with E-state index in [0.717, 1.165) is 24.5 Å². The van der Waals surface area contributed by atoms with E-state index in [-0.39, 0.29) is 23.6 Å². The third kappa shape index (κ3) is 3.11. The number of aromatic nitrogens is 6. The fourth-order valence-electron chi connectivity index (χ4n) is 3.25. The van der Waals surface area contributed by atoms with Gasteiger partial charge in [-0.15, -0.1) is 5.10 Å². The van der Waals surface area contributed by atoms with Crippen LogP contribution in [0.3, 0.4) is 0 Å². The van der Waals surface area contributed by atoms with Gasteiger partial charge in [0, 0.05) is 26.0 Å². The van der Waals surface area contributed by atoms with Crippen LogP contribution < -0.4 is 0 Å². The van der Waals surface area contributed by atoms with Crippen LogP contribution in [0.15, 0.2) is 6.20 Å².